The molecular formula is C42H51ClN2O3S. The van der Waals surface area contributed by atoms with Crippen LogP contribution < -0.4 is 5.73 Å². The Kier molecular flexibility index (Phi) is 13.0. The number of rotatable bonds is 12. The van der Waals surface area contributed by atoms with Crippen LogP contribution in [-0.4, -0.2) is 33.0 Å². The van der Waals surface area contributed by atoms with E-state index in [-0.39, 0.29) is 17.1 Å². The summed E-state index contributed by atoms with van der Waals surface area (Å²) in [6.07, 6.45) is 16.1. The molecule has 0 spiro atoms. The number of pyridine rings is 1. The minimum Gasteiger partial charge on any atom is -0.481 e. The van der Waals surface area contributed by atoms with Gasteiger partial charge in [-0.3, -0.25) is 4.79 Å². The van der Waals surface area contributed by atoms with E-state index in [4.69, 9.17) is 22.3 Å². The lowest BCUT2D eigenvalue weighted by Crippen LogP contribution is -2.18. The largest absolute Gasteiger partial charge is 0.481 e. The number of benzene rings is 3. The number of thioether (sulfide) groups is 1. The summed E-state index contributed by atoms with van der Waals surface area (Å²) in [5.41, 5.74) is 10.9. The predicted octanol–water partition coefficient (Wildman–Crippen LogP) is 10.6. The average Bonchev–Trinajstić information content (AvgIpc) is 3.87. The standard InChI is InChI=1S/C35H36ClNO3S.C7H15N/c1-34(2,40)30-9-4-3-7-25(30)13-17-32(41-23-35(18-19-35)22-33(38)39)27-8-5-6-24(20-27)10-15-29-16-12-26-11-14-28(36)21-31(26)37-29;8-7-5-3-1-2-4-6-7/h3-12,14-16,20-21,32,40H,13,17-19,22-23H2,1-2H3,(H,38,39);7H,1-6,8H2/t32-;/m1./s1. The lowest BCUT2D eigenvalue weighted by Gasteiger charge is -2.24. The second-order valence-electron chi connectivity index (χ2n) is 14.5. The minimum absolute atomic E-state index is 0.0814. The molecule has 0 aliphatic heterocycles. The fourth-order valence-corrected chi connectivity index (χ4v) is 8.40. The third-order valence-corrected chi connectivity index (χ3v) is 11.7. The van der Waals surface area contributed by atoms with Gasteiger partial charge in [-0.25, -0.2) is 4.98 Å². The van der Waals surface area contributed by atoms with E-state index < -0.39 is 11.6 Å². The predicted molar refractivity (Wildman–Crippen MR) is 207 cm³/mol. The first-order valence-corrected chi connectivity index (χ1v) is 19.2. The van der Waals surface area contributed by atoms with Gasteiger partial charge >= 0.3 is 5.97 Å². The maximum Gasteiger partial charge on any atom is 0.303 e. The molecule has 0 unspecified atom stereocenters. The van der Waals surface area contributed by atoms with Crippen LogP contribution in [0.15, 0.2) is 78.9 Å². The molecule has 5 nitrogen and oxygen atoms in total. The van der Waals surface area contributed by atoms with Crippen LogP contribution in [0.1, 0.15) is 111 Å². The van der Waals surface area contributed by atoms with Crippen molar-refractivity contribution in [3.05, 3.63) is 112 Å². The third-order valence-electron chi connectivity index (χ3n) is 9.73. The number of carboxylic acids is 1. The molecule has 1 heterocycles. The molecule has 1 atom stereocenters. The number of hydrogen-bond acceptors (Lipinski definition) is 5. The summed E-state index contributed by atoms with van der Waals surface area (Å²) in [6.45, 7) is 3.66. The Labute approximate surface area is 301 Å². The van der Waals surface area contributed by atoms with E-state index in [0.29, 0.717) is 11.1 Å². The van der Waals surface area contributed by atoms with Crippen molar-refractivity contribution in [2.75, 3.05) is 5.75 Å². The molecule has 0 bridgehead atoms. The molecule has 4 N–H and O–H groups in total. The zero-order chi connectivity index (χ0) is 34.9. The minimum atomic E-state index is -0.911. The van der Waals surface area contributed by atoms with E-state index in [9.17, 15) is 15.0 Å². The van der Waals surface area contributed by atoms with E-state index in [1.165, 1.54) is 44.1 Å². The fourth-order valence-electron chi connectivity index (χ4n) is 6.67. The highest BCUT2D eigenvalue weighted by Crippen LogP contribution is 2.53. The number of aryl methyl sites for hydroxylation is 1. The summed E-state index contributed by atoms with van der Waals surface area (Å²) >= 11 is 8.04. The Morgan fingerprint density at radius 2 is 1.73 bits per heavy atom. The van der Waals surface area contributed by atoms with Crippen LogP contribution in [0, 0.1) is 5.41 Å². The quantitative estimate of drug-likeness (QED) is 0.127. The van der Waals surface area contributed by atoms with Gasteiger partial charge in [0.15, 0.2) is 0 Å². The molecule has 0 radical (unpaired) electrons. The number of nitrogens with zero attached hydrogens (tertiary/aromatic N) is 1. The number of hydrogen-bond donors (Lipinski definition) is 3. The smallest absolute Gasteiger partial charge is 0.303 e. The summed E-state index contributed by atoms with van der Waals surface area (Å²) in [6, 6.07) is 27.0. The molecule has 2 fully saturated rings. The molecule has 0 amide bonds. The van der Waals surface area contributed by atoms with Gasteiger partial charge in [-0.15, -0.1) is 0 Å². The normalized spacial score (nSPS) is 16.9. The summed E-state index contributed by atoms with van der Waals surface area (Å²) in [7, 11) is 0. The molecule has 4 aromatic rings. The van der Waals surface area contributed by atoms with Gasteiger partial charge in [-0.1, -0.05) is 104 Å². The van der Waals surface area contributed by atoms with Crippen molar-refractivity contribution in [1.82, 2.24) is 4.98 Å². The molecule has 49 heavy (non-hydrogen) atoms. The second kappa shape index (κ2) is 17.2. The lowest BCUT2D eigenvalue weighted by atomic mass is 9.90. The molecule has 260 valence electrons. The Morgan fingerprint density at radius 3 is 2.45 bits per heavy atom. The van der Waals surface area contributed by atoms with Gasteiger partial charge < -0.3 is 15.9 Å². The van der Waals surface area contributed by atoms with E-state index in [1.807, 2.05) is 74.1 Å². The number of fused-ring (bicyclic) bond motifs is 1. The monoisotopic (exact) mass is 698 g/mol. The Morgan fingerprint density at radius 1 is 1.00 bits per heavy atom. The number of aliphatic hydroxyl groups is 1. The topological polar surface area (TPSA) is 96.4 Å². The average molecular weight is 699 g/mol. The Balaban J connectivity index is 0.000000514. The number of carbonyl (C=O) groups is 1. The molecule has 0 saturated heterocycles. The number of aliphatic carboxylic acids is 1. The fraction of sp³-hybridized carbons (Fsp3) is 0.429. The van der Waals surface area contributed by atoms with Gasteiger partial charge in [0.25, 0.3) is 0 Å². The van der Waals surface area contributed by atoms with Gasteiger partial charge in [0.1, 0.15) is 0 Å². The molecule has 2 aliphatic carbocycles. The zero-order valence-corrected chi connectivity index (χ0v) is 30.5. The van der Waals surface area contributed by atoms with Crippen molar-refractivity contribution in [2.45, 2.75) is 101 Å². The molecule has 3 aromatic carbocycles. The van der Waals surface area contributed by atoms with E-state index in [1.54, 1.807) is 0 Å². The van der Waals surface area contributed by atoms with Gasteiger partial charge in [0.05, 0.1) is 23.2 Å². The molecule has 1 aromatic heterocycles. The highest BCUT2D eigenvalue weighted by atomic mass is 35.5. The summed E-state index contributed by atoms with van der Waals surface area (Å²) in [5, 5.41) is 22.1. The van der Waals surface area contributed by atoms with Crippen molar-refractivity contribution in [2.24, 2.45) is 11.1 Å². The van der Waals surface area contributed by atoms with Crippen molar-refractivity contribution < 1.29 is 15.0 Å². The van der Waals surface area contributed by atoms with E-state index >= 15 is 0 Å². The second-order valence-corrected chi connectivity index (χ2v) is 16.1. The highest BCUT2D eigenvalue weighted by molar-refractivity contribution is 7.99. The third kappa shape index (κ3) is 11.4. The number of carboxylic acid groups (broad SMARTS) is 1. The first-order chi connectivity index (χ1) is 23.5. The van der Waals surface area contributed by atoms with Crippen LogP contribution in [0.3, 0.4) is 0 Å². The molecule has 7 heteroatoms. The van der Waals surface area contributed by atoms with Gasteiger partial charge in [-0.05, 0) is 104 Å². The molecule has 6 rings (SSSR count). The van der Waals surface area contributed by atoms with Crippen LogP contribution in [0.5, 0.6) is 0 Å². The molecule has 2 aliphatic rings. The molecular weight excluding hydrogens is 648 g/mol. The van der Waals surface area contributed by atoms with Gasteiger partial charge in [0, 0.05) is 27.5 Å². The maximum atomic E-state index is 11.5. The first kappa shape index (κ1) is 37.1. The SMILES string of the molecule is CC(C)(O)c1ccccc1CC[C@@H](SCC1(CC(=O)O)CC1)c1cccc(C=Cc2ccc3ccc(Cl)cc3n2)c1.NC1CCCCCC1. The van der Waals surface area contributed by atoms with Gasteiger partial charge in [0.2, 0.25) is 0 Å². The van der Waals surface area contributed by atoms with Crippen molar-refractivity contribution in [3.8, 4) is 0 Å². The van der Waals surface area contributed by atoms with E-state index in [2.05, 4.69) is 42.5 Å². The van der Waals surface area contributed by atoms with Gasteiger partial charge in [-0.2, -0.15) is 11.8 Å². The van der Waals surface area contributed by atoms with Crippen LogP contribution >= 0.6 is 23.4 Å². The summed E-state index contributed by atoms with van der Waals surface area (Å²) in [4.78, 5) is 16.2. The van der Waals surface area contributed by atoms with E-state index in [0.717, 1.165) is 64.7 Å². The Bertz CT molecular complexity index is 1720. The summed E-state index contributed by atoms with van der Waals surface area (Å²) < 4.78 is 0. The Hall–Kier alpha value is -3.16. The van der Waals surface area contributed by atoms with Crippen LogP contribution in [0.4, 0.5) is 0 Å². The van der Waals surface area contributed by atoms with Crippen LogP contribution in [0.2, 0.25) is 5.02 Å². The number of aromatic nitrogens is 1. The highest BCUT2D eigenvalue weighted by Gasteiger charge is 2.44. The summed E-state index contributed by atoms with van der Waals surface area (Å²) in [5.74, 6) is 0.122. The van der Waals surface area contributed by atoms with Crippen LogP contribution in [-0.2, 0) is 16.8 Å². The van der Waals surface area contributed by atoms with Crippen molar-refractivity contribution in [3.63, 3.8) is 0 Å². The number of halogens is 1. The van der Waals surface area contributed by atoms with Crippen molar-refractivity contribution >= 4 is 52.4 Å². The first-order valence-electron chi connectivity index (χ1n) is 17.7. The lowest BCUT2D eigenvalue weighted by molar-refractivity contribution is -0.138. The maximum absolute atomic E-state index is 11.5. The number of nitrogens with two attached hydrogens (primary N) is 1. The zero-order valence-electron chi connectivity index (χ0n) is 28.9. The molecule has 2 saturated carbocycles. The van der Waals surface area contributed by atoms with Crippen LogP contribution in [0.25, 0.3) is 23.1 Å². The van der Waals surface area contributed by atoms with Crippen molar-refractivity contribution in [1.29, 1.82) is 0 Å².